The highest BCUT2D eigenvalue weighted by Gasteiger charge is 2.18. The Labute approximate surface area is 299 Å². The Morgan fingerprint density at radius 3 is 2.14 bits per heavy atom. The fourth-order valence-electron chi connectivity index (χ4n) is 7.11. The topological polar surface area (TPSA) is 44.9 Å². The number of rotatable bonds is 8. The van der Waals surface area contributed by atoms with E-state index in [0.717, 1.165) is 69.2 Å². The first kappa shape index (κ1) is 32.3. The second kappa shape index (κ2) is 13.1. The second-order valence-electron chi connectivity index (χ2n) is 14.6. The Morgan fingerprint density at radius 2 is 1.37 bits per heavy atom. The summed E-state index contributed by atoms with van der Waals surface area (Å²) >= 11 is 0. The molecule has 0 amide bonds. The van der Waals surface area contributed by atoms with Crippen LogP contribution in [0.3, 0.4) is 0 Å². The van der Waals surface area contributed by atoms with Crippen LogP contribution < -0.4 is 4.74 Å². The average molecular weight is 667 g/mol. The van der Waals surface area contributed by atoms with Gasteiger partial charge in [-0.2, -0.15) is 5.10 Å². The first-order valence-corrected chi connectivity index (χ1v) is 17.7. The zero-order valence-electron chi connectivity index (χ0n) is 29.9. The van der Waals surface area contributed by atoms with Crippen molar-refractivity contribution in [2.24, 2.45) is 5.41 Å². The summed E-state index contributed by atoms with van der Waals surface area (Å²) < 4.78 is 10.9. The molecule has 51 heavy (non-hydrogen) atoms. The highest BCUT2D eigenvalue weighted by molar-refractivity contribution is 6.10. The van der Waals surface area contributed by atoms with Crippen LogP contribution in [0, 0.1) is 19.3 Å². The van der Waals surface area contributed by atoms with E-state index in [0.29, 0.717) is 0 Å². The molecule has 8 aromatic rings. The molecule has 8 rings (SSSR count). The molecule has 5 nitrogen and oxygen atoms in total. The van der Waals surface area contributed by atoms with Gasteiger partial charge in [-0.25, -0.2) is 9.67 Å². The van der Waals surface area contributed by atoms with Crippen molar-refractivity contribution in [3.8, 4) is 45.3 Å². The number of hydrogen-bond donors (Lipinski definition) is 0. The number of nitrogens with zero attached hydrogens (tertiary/aromatic N) is 4. The molecule has 0 saturated carbocycles. The van der Waals surface area contributed by atoms with Gasteiger partial charge in [0.1, 0.15) is 17.3 Å². The Balaban J connectivity index is 1.20. The minimum atomic E-state index is 0.257. The third-order valence-corrected chi connectivity index (χ3v) is 9.70. The Morgan fingerprint density at radius 1 is 0.627 bits per heavy atom. The molecular weight excluding hydrogens is 625 g/mol. The minimum Gasteiger partial charge on any atom is -0.457 e. The van der Waals surface area contributed by atoms with E-state index in [1.165, 1.54) is 27.6 Å². The highest BCUT2D eigenvalue weighted by Crippen LogP contribution is 2.38. The third kappa shape index (κ3) is 6.43. The van der Waals surface area contributed by atoms with Gasteiger partial charge in [-0.05, 0) is 103 Å². The van der Waals surface area contributed by atoms with Gasteiger partial charge < -0.3 is 4.74 Å². The van der Waals surface area contributed by atoms with Crippen LogP contribution in [0.4, 0.5) is 0 Å². The van der Waals surface area contributed by atoms with Crippen LogP contribution in [0.5, 0.6) is 11.5 Å². The van der Waals surface area contributed by atoms with Gasteiger partial charge in [-0.15, -0.1) is 0 Å². The maximum absolute atomic E-state index is 6.61. The van der Waals surface area contributed by atoms with E-state index < -0.39 is 0 Å². The van der Waals surface area contributed by atoms with Crippen molar-refractivity contribution in [3.63, 3.8) is 0 Å². The van der Waals surface area contributed by atoms with E-state index >= 15 is 0 Å². The van der Waals surface area contributed by atoms with Gasteiger partial charge in [0.05, 0.1) is 22.4 Å². The molecule has 3 heterocycles. The van der Waals surface area contributed by atoms with Gasteiger partial charge >= 0.3 is 0 Å². The summed E-state index contributed by atoms with van der Waals surface area (Å²) in [4.78, 5) is 4.92. The van der Waals surface area contributed by atoms with Crippen molar-refractivity contribution in [2.75, 3.05) is 0 Å². The smallest absolute Gasteiger partial charge is 0.137 e. The molecule has 0 aliphatic rings. The number of ether oxygens (including phenoxy) is 1. The molecule has 0 unspecified atom stereocenters. The lowest BCUT2D eigenvalue weighted by Crippen LogP contribution is -2.07. The zero-order valence-corrected chi connectivity index (χ0v) is 29.9. The number of aromatic nitrogens is 4. The monoisotopic (exact) mass is 666 g/mol. The maximum atomic E-state index is 6.61. The number of benzene rings is 5. The first-order valence-electron chi connectivity index (χ1n) is 17.7. The van der Waals surface area contributed by atoms with Crippen molar-refractivity contribution in [1.29, 1.82) is 0 Å². The van der Waals surface area contributed by atoms with Gasteiger partial charge in [-0.1, -0.05) is 93.6 Å². The third-order valence-electron chi connectivity index (χ3n) is 9.70. The van der Waals surface area contributed by atoms with Gasteiger partial charge in [0, 0.05) is 40.4 Å². The summed E-state index contributed by atoms with van der Waals surface area (Å²) in [5.74, 6) is 2.41. The lowest BCUT2D eigenvalue weighted by molar-refractivity contribution is 0.378. The fourth-order valence-corrected chi connectivity index (χ4v) is 7.11. The Bertz CT molecular complexity index is 2500. The standard InChI is InChI=1S/C46H42N4O/c1-31-45(35-15-10-7-11-16-35)32(2)50(48-31)37-17-12-18-38(29-37)51-39-20-21-40-41-28-36(34-13-8-6-9-14-34)19-22-42(41)49(43(40)30-39)44-27-33(24-26-47-44)23-25-46(3,4)5/h6-22,24,26-30H,23,25H2,1-5H3. The molecule has 0 fully saturated rings. The van der Waals surface area contributed by atoms with E-state index in [2.05, 4.69) is 154 Å². The van der Waals surface area contributed by atoms with Crippen LogP contribution in [-0.2, 0) is 6.42 Å². The number of fused-ring (bicyclic) bond motifs is 3. The van der Waals surface area contributed by atoms with Crippen LogP contribution in [0.2, 0.25) is 0 Å². The van der Waals surface area contributed by atoms with Gasteiger partial charge in [-0.3, -0.25) is 4.57 Å². The summed E-state index contributed by atoms with van der Waals surface area (Å²) in [6, 6.07) is 46.7. The molecule has 5 aromatic carbocycles. The summed E-state index contributed by atoms with van der Waals surface area (Å²) in [6.45, 7) is 11.1. The van der Waals surface area contributed by atoms with Gasteiger partial charge in [0.25, 0.3) is 0 Å². The first-order chi connectivity index (χ1) is 24.7. The Hall–Kier alpha value is -5.94. The molecule has 3 aromatic heterocycles. The van der Waals surface area contributed by atoms with Crippen molar-refractivity contribution in [1.82, 2.24) is 19.3 Å². The van der Waals surface area contributed by atoms with Gasteiger partial charge in [0.2, 0.25) is 0 Å². The number of aryl methyl sites for hydroxylation is 2. The molecular formula is C46H42N4O. The minimum absolute atomic E-state index is 0.257. The molecule has 0 radical (unpaired) electrons. The summed E-state index contributed by atoms with van der Waals surface area (Å²) in [5.41, 5.74) is 11.5. The predicted molar refractivity (Wildman–Crippen MR) is 210 cm³/mol. The second-order valence-corrected chi connectivity index (χ2v) is 14.6. The molecule has 252 valence electrons. The molecule has 0 atom stereocenters. The SMILES string of the molecule is Cc1nn(-c2cccc(Oc3ccc4c5cc(-c6ccccc6)ccc5n(-c5cc(CCC(C)(C)C)ccn5)c4c3)c2)c(C)c1-c1ccccc1. The summed E-state index contributed by atoms with van der Waals surface area (Å²) in [6.07, 6.45) is 4.05. The van der Waals surface area contributed by atoms with Crippen molar-refractivity contribution < 1.29 is 4.74 Å². The largest absolute Gasteiger partial charge is 0.457 e. The quantitative estimate of drug-likeness (QED) is 0.162. The summed E-state index contributed by atoms with van der Waals surface area (Å²) in [7, 11) is 0. The average Bonchev–Trinajstić information content (AvgIpc) is 3.63. The predicted octanol–water partition coefficient (Wildman–Crippen LogP) is 12.1. The molecule has 0 bridgehead atoms. The molecule has 0 aliphatic heterocycles. The van der Waals surface area contributed by atoms with Crippen LogP contribution >= 0.6 is 0 Å². The maximum Gasteiger partial charge on any atom is 0.137 e. The number of hydrogen-bond acceptors (Lipinski definition) is 3. The highest BCUT2D eigenvalue weighted by atomic mass is 16.5. The normalized spacial score (nSPS) is 11.8. The van der Waals surface area contributed by atoms with Crippen LogP contribution in [0.1, 0.15) is 44.1 Å². The van der Waals surface area contributed by atoms with E-state index in [9.17, 15) is 0 Å². The van der Waals surface area contributed by atoms with E-state index in [1.807, 2.05) is 29.1 Å². The molecule has 0 aliphatic carbocycles. The van der Waals surface area contributed by atoms with E-state index in [4.69, 9.17) is 14.8 Å². The molecule has 0 spiro atoms. The Kier molecular flexibility index (Phi) is 8.27. The van der Waals surface area contributed by atoms with Crippen LogP contribution in [0.25, 0.3) is 55.6 Å². The molecule has 5 heteroatoms. The fraction of sp³-hybridized carbons (Fsp3) is 0.174. The van der Waals surface area contributed by atoms with Crippen molar-refractivity contribution in [3.05, 3.63) is 157 Å². The molecule has 0 saturated heterocycles. The van der Waals surface area contributed by atoms with Crippen molar-refractivity contribution >= 4 is 21.8 Å². The van der Waals surface area contributed by atoms with Crippen molar-refractivity contribution in [2.45, 2.75) is 47.5 Å². The van der Waals surface area contributed by atoms with Crippen LogP contribution in [-0.4, -0.2) is 19.3 Å². The molecule has 0 N–H and O–H groups in total. The lowest BCUT2D eigenvalue weighted by Gasteiger charge is -2.18. The van der Waals surface area contributed by atoms with Gasteiger partial charge in [0.15, 0.2) is 0 Å². The number of pyridine rings is 1. The van der Waals surface area contributed by atoms with E-state index in [-0.39, 0.29) is 5.41 Å². The summed E-state index contributed by atoms with van der Waals surface area (Å²) in [5, 5.41) is 7.26. The van der Waals surface area contributed by atoms with Crippen LogP contribution in [0.15, 0.2) is 140 Å². The lowest BCUT2D eigenvalue weighted by atomic mass is 9.89. The van der Waals surface area contributed by atoms with E-state index in [1.54, 1.807) is 0 Å². The zero-order chi connectivity index (χ0) is 35.1.